The van der Waals surface area contributed by atoms with Crippen molar-refractivity contribution in [2.24, 2.45) is 5.92 Å². The van der Waals surface area contributed by atoms with Gasteiger partial charge in [0.05, 0.1) is 11.0 Å². The summed E-state index contributed by atoms with van der Waals surface area (Å²) in [5.74, 6) is 0.445. The lowest BCUT2D eigenvalue weighted by molar-refractivity contribution is 0.157. The van der Waals surface area contributed by atoms with E-state index < -0.39 is 0 Å². The summed E-state index contributed by atoms with van der Waals surface area (Å²) in [5.41, 5.74) is 1.60. The molecule has 0 fully saturated rings. The second kappa shape index (κ2) is 8.42. The standard InChI is InChI=1S/C17H34N2S2/c1-9-12-16(5,6)19(11-3)15(21)17(7,14(4)10-2)18(8)13-20/h13-14H,9-12H2,1-8H3. The van der Waals surface area contributed by atoms with Gasteiger partial charge in [0.2, 0.25) is 0 Å². The summed E-state index contributed by atoms with van der Waals surface area (Å²) in [7, 11) is 2.05. The van der Waals surface area contributed by atoms with Gasteiger partial charge in [-0.3, -0.25) is 0 Å². The van der Waals surface area contributed by atoms with Gasteiger partial charge in [-0.05, 0) is 40.0 Å². The zero-order valence-corrected chi connectivity index (χ0v) is 16.8. The van der Waals surface area contributed by atoms with Crippen molar-refractivity contribution in [1.29, 1.82) is 0 Å². The van der Waals surface area contributed by atoms with Gasteiger partial charge in [-0.15, -0.1) is 0 Å². The molecule has 0 aliphatic heterocycles. The molecule has 2 atom stereocenters. The molecule has 0 aromatic rings. The molecule has 0 aromatic heterocycles. The van der Waals surface area contributed by atoms with Crippen molar-refractivity contribution >= 4 is 34.9 Å². The van der Waals surface area contributed by atoms with Crippen LogP contribution in [0.3, 0.4) is 0 Å². The molecule has 0 spiro atoms. The number of rotatable bonds is 9. The quantitative estimate of drug-likeness (QED) is 0.554. The molecule has 0 aliphatic rings. The maximum Gasteiger partial charge on any atom is 0.104 e. The Morgan fingerprint density at radius 1 is 1.19 bits per heavy atom. The maximum absolute atomic E-state index is 5.97. The van der Waals surface area contributed by atoms with Crippen LogP contribution >= 0.6 is 24.4 Å². The fraction of sp³-hybridized carbons (Fsp3) is 0.882. The molecular formula is C17H34N2S2. The van der Waals surface area contributed by atoms with Crippen LogP contribution in [0.5, 0.6) is 0 Å². The van der Waals surface area contributed by atoms with Crippen molar-refractivity contribution in [2.45, 2.75) is 78.8 Å². The third-order valence-electron chi connectivity index (χ3n) is 5.05. The van der Waals surface area contributed by atoms with Crippen molar-refractivity contribution in [2.75, 3.05) is 13.6 Å². The van der Waals surface area contributed by atoms with E-state index in [-0.39, 0.29) is 11.1 Å². The highest BCUT2D eigenvalue weighted by Crippen LogP contribution is 2.33. The summed E-state index contributed by atoms with van der Waals surface area (Å²) in [5, 5.41) is 0. The first-order valence-electron chi connectivity index (χ1n) is 8.13. The molecule has 0 saturated heterocycles. The molecular weight excluding hydrogens is 296 g/mol. The first-order valence-corrected chi connectivity index (χ1v) is 9.01. The van der Waals surface area contributed by atoms with E-state index >= 15 is 0 Å². The van der Waals surface area contributed by atoms with Crippen molar-refractivity contribution < 1.29 is 0 Å². The molecule has 0 saturated carbocycles. The molecule has 0 aliphatic carbocycles. The molecule has 0 aromatic carbocycles. The van der Waals surface area contributed by atoms with Crippen molar-refractivity contribution in [3.05, 3.63) is 0 Å². The normalized spacial score (nSPS) is 16.0. The third kappa shape index (κ3) is 4.38. The van der Waals surface area contributed by atoms with Gasteiger partial charge < -0.3 is 9.80 Å². The van der Waals surface area contributed by atoms with Crippen LogP contribution in [-0.4, -0.2) is 45.0 Å². The second-order valence-electron chi connectivity index (χ2n) is 6.78. The van der Waals surface area contributed by atoms with Gasteiger partial charge in [0.25, 0.3) is 0 Å². The van der Waals surface area contributed by atoms with Crippen LogP contribution in [0.25, 0.3) is 0 Å². The van der Waals surface area contributed by atoms with Crippen LogP contribution in [0.2, 0.25) is 0 Å². The van der Waals surface area contributed by atoms with Crippen LogP contribution in [-0.2, 0) is 0 Å². The molecule has 2 nitrogen and oxygen atoms in total. The van der Waals surface area contributed by atoms with Crippen LogP contribution < -0.4 is 0 Å². The first kappa shape index (κ1) is 20.8. The Bertz CT molecular complexity index is 355. The smallest absolute Gasteiger partial charge is 0.104 e. The van der Waals surface area contributed by atoms with E-state index in [0.717, 1.165) is 30.8 Å². The fourth-order valence-electron chi connectivity index (χ4n) is 3.08. The monoisotopic (exact) mass is 330 g/mol. The minimum Gasteiger partial charge on any atom is -0.360 e. The molecule has 4 heteroatoms. The van der Waals surface area contributed by atoms with Gasteiger partial charge in [-0.1, -0.05) is 58.0 Å². The Balaban J connectivity index is 5.70. The molecule has 2 unspecified atom stereocenters. The van der Waals surface area contributed by atoms with Gasteiger partial charge >= 0.3 is 0 Å². The van der Waals surface area contributed by atoms with E-state index in [1.807, 2.05) is 7.05 Å². The maximum atomic E-state index is 5.97. The number of nitrogens with zero attached hydrogens (tertiary/aromatic N) is 2. The van der Waals surface area contributed by atoms with Gasteiger partial charge in [-0.2, -0.15) is 0 Å². The van der Waals surface area contributed by atoms with Gasteiger partial charge in [-0.25, -0.2) is 0 Å². The Morgan fingerprint density at radius 3 is 2.05 bits per heavy atom. The largest absolute Gasteiger partial charge is 0.360 e. The Morgan fingerprint density at radius 2 is 1.71 bits per heavy atom. The van der Waals surface area contributed by atoms with Crippen LogP contribution in [0.15, 0.2) is 0 Å². The lowest BCUT2D eigenvalue weighted by Crippen LogP contribution is -2.62. The predicted octanol–water partition coefficient (Wildman–Crippen LogP) is 4.91. The molecule has 0 bridgehead atoms. The molecule has 124 valence electrons. The molecule has 0 heterocycles. The summed E-state index contributed by atoms with van der Waals surface area (Å²) < 4.78 is 0. The SMILES string of the molecule is CCCC(C)(C)N(CC)C(=S)C(C)(C(C)CC)N(C)C=S. The minimum atomic E-state index is -0.215. The Kier molecular flexibility index (Phi) is 8.33. The molecule has 0 rings (SSSR count). The van der Waals surface area contributed by atoms with Crippen LogP contribution in [0.1, 0.15) is 67.7 Å². The molecule has 0 amide bonds. The number of thiocarbonyl (C=S) groups is 2. The molecule has 0 N–H and O–H groups in total. The summed E-state index contributed by atoms with van der Waals surface area (Å²) in [6.07, 6.45) is 3.38. The second-order valence-corrected chi connectivity index (χ2v) is 7.38. The minimum absolute atomic E-state index is 0.0810. The summed E-state index contributed by atoms with van der Waals surface area (Å²) >= 11 is 11.2. The van der Waals surface area contributed by atoms with E-state index in [0.29, 0.717) is 5.92 Å². The lowest BCUT2D eigenvalue weighted by Gasteiger charge is -2.50. The average Bonchev–Trinajstić information content (AvgIpc) is 2.44. The highest BCUT2D eigenvalue weighted by molar-refractivity contribution is 7.80. The van der Waals surface area contributed by atoms with Crippen molar-refractivity contribution in [3.8, 4) is 0 Å². The Hall–Kier alpha value is -0.220. The van der Waals surface area contributed by atoms with Gasteiger partial charge in [0.1, 0.15) is 4.99 Å². The van der Waals surface area contributed by atoms with Crippen LogP contribution in [0.4, 0.5) is 0 Å². The van der Waals surface area contributed by atoms with Crippen molar-refractivity contribution in [1.82, 2.24) is 9.80 Å². The Labute approximate surface area is 143 Å². The number of hydrogen-bond acceptors (Lipinski definition) is 2. The predicted molar refractivity (Wildman–Crippen MR) is 103 cm³/mol. The van der Waals surface area contributed by atoms with Gasteiger partial charge in [0, 0.05) is 19.1 Å². The van der Waals surface area contributed by atoms with Crippen molar-refractivity contribution in [3.63, 3.8) is 0 Å². The highest BCUT2D eigenvalue weighted by atomic mass is 32.1. The zero-order valence-electron chi connectivity index (χ0n) is 15.2. The van der Waals surface area contributed by atoms with E-state index in [2.05, 4.69) is 58.3 Å². The van der Waals surface area contributed by atoms with E-state index in [9.17, 15) is 0 Å². The van der Waals surface area contributed by atoms with E-state index in [1.165, 1.54) is 0 Å². The average molecular weight is 331 g/mol. The summed E-state index contributed by atoms with van der Waals surface area (Å²) in [6.45, 7) is 16.7. The number of hydrogen-bond donors (Lipinski definition) is 0. The van der Waals surface area contributed by atoms with Gasteiger partial charge in [0.15, 0.2) is 0 Å². The van der Waals surface area contributed by atoms with Crippen LogP contribution in [0, 0.1) is 5.92 Å². The van der Waals surface area contributed by atoms with E-state index in [4.69, 9.17) is 24.4 Å². The highest BCUT2D eigenvalue weighted by Gasteiger charge is 2.43. The summed E-state index contributed by atoms with van der Waals surface area (Å²) in [4.78, 5) is 5.53. The number of likely N-dealkylation sites (N-methyl/N-ethyl adjacent to an activating group) is 2. The fourth-order valence-corrected chi connectivity index (χ4v) is 4.02. The topological polar surface area (TPSA) is 6.48 Å². The first-order chi connectivity index (χ1) is 9.63. The summed E-state index contributed by atoms with van der Waals surface area (Å²) in [6, 6.07) is 0. The molecule has 0 radical (unpaired) electrons. The third-order valence-corrected chi connectivity index (χ3v) is 6.00. The zero-order chi connectivity index (χ0) is 16.8. The molecule has 21 heavy (non-hydrogen) atoms. The van der Waals surface area contributed by atoms with E-state index in [1.54, 1.807) is 5.49 Å². The lowest BCUT2D eigenvalue weighted by atomic mass is 9.81.